The van der Waals surface area contributed by atoms with Crippen molar-refractivity contribution >= 4 is 11.5 Å². The molecule has 0 radical (unpaired) electrons. The van der Waals surface area contributed by atoms with Crippen LogP contribution in [-0.4, -0.2) is 37.6 Å². The Morgan fingerprint density at radius 1 is 1.15 bits per heavy atom. The van der Waals surface area contributed by atoms with E-state index in [1.807, 2.05) is 41.3 Å². The lowest BCUT2D eigenvalue weighted by atomic mass is 9.94. The highest BCUT2D eigenvalue weighted by molar-refractivity contribution is 5.81. The van der Waals surface area contributed by atoms with Gasteiger partial charge in [0.25, 0.3) is 0 Å². The number of rotatable bonds is 3. The number of methoxy groups -OCH3 is 1. The predicted octanol–water partition coefficient (Wildman–Crippen LogP) is 3.56. The number of carbonyl (C=O) groups excluding carboxylic acids is 1. The van der Waals surface area contributed by atoms with Crippen LogP contribution in [0.4, 0.5) is 0 Å². The summed E-state index contributed by atoms with van der Waals surface area (Å²) >= 11 is 0. The van der Waals surface area contributed by atoms with Gasteiger partial charge in [-0.25, -0.2) is 0 Å². The number of ether oxygens (including phenoxy) is 2. The molecule has 1 atom stereocenters. The molecule has 0 aromatic heterocycles. The van der Waals surface area contributed by atoms with E-state index in [-0.39, 0.29) is 11.8 Å². The first kappa shape index (κ1) is 16.7. The number of amides is 1. The molecular formula is C22H23NO3. The number of benzene rings is 2. The number of hydrogen-bond acceptors (Lipinski definition) is 3. The highest BCUT2D eigenvalue weighted by Gasteiger charge is 2.30. The molecule has 0 aliphatic carbocycles. The zero-order chi connectivity index (χ0) is 17.9. The van der Waals surface area contributed by atoms with Crippen molar-refractivity contribution in [2.24, 2.45) is 5.92 Å². The van der Waals surface area contributed by atoms with Crippen LogP contribution >= 0.6 is 0 Å². The van der Waals surface area contributed by atoms with E-state index in [2.05, 4.69) is 18.2 Å². The molecule has 0 saturated carbocycles. The van der Waals surface area contributed by atoms with Crippen molar-refractivity contribution in [3.63, 3.8) is 0 Å². The third-order valence-electron chi connectivity index (χ3n) is 5.21. The van der Waals surface area contributed by atoms with Crippen LogP contribution in [0.15, 0.2) is 54.6 Å². The highest BCUT2D eigenvalue weighted by atomic mass is 16.5. The van der Waals surface area contributed by atoms with Crippen LogP contribution in [0.1, 0.15) is 17.5 Å². The standard InChI is InChI=1S/C22H23NO3/c1-25-20-8-6-16(7-9-20)17-10-12-23(13-11-17)22(24)19-14-18-4-2-3-5-21(18)26-15-19/h2-10,19H,11-15H2,1H3/t19-/m0/s1. The SMILES string of the molecule is COc1ccc(C2=CCN(C(=O)[C@@H]3COc4ccccc4C3)CC2)cc1. The number of hydrogen-bond donors (Lipinski definition) is 0. The summed E-state index contributed by atoms with van der Waals surface area (Å²) in [5, 5.41) is 0. The maximum absolute atomic E-state index is 12.9. The molecule has 1 amide bonds. The van der Waals surface area contributed by atoms with Gasteiger partial charge in [0.2, 0.25) is 5.91 Å². The maximum Gasteiger partial charge on any atom is 0.229 e. The van der Waals surface area contributed by atoms with Crippen molar-refractivity contribution in [3.8, 4) is 11.5 Å². The Morgan fingerprint density at radius 3 is 2.69 bits per heavy atom. The van der Waals surface area contributed by atoms with Gasteiger partial charge < -0.3 is 14.4 Å². The average Bonchev–Trinajstić information content (AvgIpc) is 2.73. The molecule has 0 fully saturated rings. The largest absolute Gasteiger partial charge is 0.497 e. The molecule has 134 valence electrons. The van der Waals surface area contributed by atoms with E-state index in [1.54, 1.807) is 7.11 Å². The van der Waals surface area contributed by atoms with Gasteiger partial charge in [0.05, 0.1) is 13.0 Å². The van der Waals surface area contributed by atoms with E-state index in [4.69, 9.17) is 9.47 Å². The van der Waals surface area contributed by atoms with Gasteiger partial charge in [0, 0.05) is 13.1 Å². The first-order valence-electron chi connectivity index (χ1n) is 9.07. The van der Waals surface area contributed by atoms with Gasteiger partial charge in [-0.15, -0.1) is 0 Å². The normalized spacial score (nSPS) is 19.2. The molecule has 0 bridgehead atoms. The lowest BCUT2D eigenvalue weighted by Crippen LogP contribution is -2.42. The molecule has 26 heavy (non-hydrogen) atoms. The molecule has 0 N–H and O–H groups in total. The molecule has 4 nitrogen and oxygen atoms in total. The lowest BCUT2D eigenvalue weighted by Gasteiger charge is -2.32. The summed E-state index contributed by atoms with van der Waals surface area (Å²) < 4.78 is 11.0. The Labute approximate surface area is 154 Å². The van der Waals surface area contributed by atoms with Crippen LogP contribution in [0.5, 0.6) is 11.5 Å². The summed E-state index contributed by atoms with van der Waals surface area (Å²) in [5.74, 6) is 1.89. The Balaban J connectivity index is 1.41. The zero-order valence-corrected chi connectivity index (χ0v) is 15.0. The van der Waals surface area contributed by atoms with Gasteiger partial charge in [-0.05, 0) is 47.7 Å². The van der Waals surface area contributed by atoms with E-state index in [0.29, 0.717) is 13.2 Å². The maximum atomic E-state index is 12.9. The highest BCUT2D eigenvalue weighted by Crippen LogP contribution is 2.29. The second-order valence-electron chi connectivity index (χ2n) is 6.81. The fourth-order valence-electron chi connectivity index (χ4n) is 3.68. The van der Waals surface area contributed by atoms with Gasteiger partial charge in [0.15, 0.2) is 0 Å². The average molecular weight is 349 g/mol. The molecular weight excluding hydrogens is 326 g/mol. The smallest absolute Gasteiger partial charge is 0.229 e. The van der Waals surface area contributed by atoms with Crippen LogP contribution in [0.3, 0.4) is 0 Å². The van der Waals surface area contributed by atoms with Gasteiger partial charge in [-0.3, -0.25) is 4.79 Å². The van der Waals surface area contributed by atoms with E-state index < -0.39 is 0 Å². The molecule has 4 rings (SSSR count). The van der Waals surface area contributed by atoms with E-state index in [1.165, 1.54) is 11.1 Å². The van der Waals surface area contributed by atoms with Crippen molar-refractivity contribution in [1.29, 1.82) is 0 Å². The van der Waals surface area contributed by atoms with E-state index in [0.717, 1.165) is 36.4 Å². The van der Waals surface area contributed by atoms with Crippen LogP contribution in [-0.2, 0) is 11.2 Å². The Bertz CT molecular complexity index is 826. The summed E-state index contributed by atoms with van der Waals surface area (Å²) in [5.41, 5.74) is 3.62. The fraction of sp³-hybridized carbons (Fsp3) is 0.318. The fourth-order valence-corrected chi connectivity index (χ4v) is 3.68. The number of carbonyl (C=O) groups is 1. The van der Waals surface area contributed by atoms with Gasteiger partial charge in [-0.1, -0.05) is 36.4 Å². The van der Waals surface area contributed by atoms with Gasteiger partial charge in [-0.2, -0.15) is 0 Å². The first-order valence-corrected chi connectivity index (χ1v) is 9.07. The molecule has 2 aliphatic heterocycles. The lowest BCUT2D eigenvalue weighted by molar-refractivity contribution is -0.136. The summed E-state index contributed by atoms with van der Waals surface area (Å²) in [7, 11) is 1.67. The summed E-state index contributed by atoms with van der Waals surface area (Å²) in [4.78, 5) is 14.8. The van der Waals surface area contributed by atoms with Crippen LogP contribution in [0.2, 0.25) is 0 Å². The monoisotopic (exact) mass is 349 g/mol. The van der Waals surface area contributed by atoms with E-state index in [9.17, 15) is 4.79 Å². The van der Waals surface area contributed by atoms with Crippen molar-refractivity contribution in [3.05, 3.63) is 65.7 Å². The molecule has 2 aromatic rings. The topological polar surface area (TPSA) is 38.8 Å². The minimum atomic E-state index is -0.0826. The zero-order valence-electron chi connectivity index (χ0n) is 15.0. The summed E-state index contributed by atoms with van der Waals surface area (Å²) in [6.07, 6.45) is 3.81. The van der Waals surface area contributed by atoms with Crippen molar-refractivity contribution in [2.75, 3.05) is 26.8 Å². The van der Waals surface area contributed by atoms with Gasteiger partial charge in [0.1, 0.15) is 18.1 Å². The quantitative estimate of drug-likeness (QED) is 0.850. The second kappa shape index (κ2) is 7.24. The number of nitrogens with zero attached hydrogens (tertiary/aromatic N) is 1. The van der Waals surface area contributed by atoms with Gasteiger partial charge >= 0.3 is 0 Å². The van der Waals surface area contributed by atoms with Crippen molar-refractivity contribution < 1.29 is 14.3 Å². The molecule has 0 saturated heterocycles. The number of fused-ring (bicyclic) bond motifs is 1. The van der Waals surface area contributed by atoms with Crippen molar-refractivity contribution in [2.45, 2.75) is 12.8 Å². The van der Waals surface area contributed by atoms with Crippen LogP contribution in [0.25, 0.3) is 5.57 Å². The summed E-state index contributed by atoms with van der Waals surface area (Å²) in [6.45, 7) is 1.90. The summed E-state index contributed by atoms with van der Waals surface area (Å²) in [6, 6.07) is 16.1. The van der Waals surface area contributed by atoms with Crippen LogP contribution in [0, 0.1) is 5.92 Å². The van der Waals surface area contributed by atoms with Crippen molar-refractivity contribution in [1.82, 2.24) is 4.90 Å². The van der Waals surface area contributed by atoms with Crippen LogP contribution < -0.4 is 9.47 Å². The third-order valence-corrected chi connectivity index (χ3v) is 5.21. The molecule has 2 aromatic carbocycles. The first-order chi connectivity index (χ1) is 12.7. The van der Waals surface area contributed by atoms with E-state index >= 15 is 0 Å². The Hall–Kier alpha value is -2.75. The molecule has 0 unspecified atom stereocenters. The molecule has 2 heterocycles. The third kappa shape index (κ3) is 3.32. The molecule has 0 spiro atoms. The molecule has 4 heteroatoms. The second-order valence-corrected chi connectivity index (χ2v) is 6.81. The Morgan fingerprint density at radius 2 is 1.96 bits per heavy atom. The number of para-hydroxylation sites is 1. The minimum Gasteiger partial charge on any atom is -0.497 e. The predicted molar refractivity (Wildman–Crippen MR) is 101 cm³/mol. The Kier molecular flexibility index (Phi) is 4.65. The molecule has 2 aliphatic rings. The minimum absolute atomic E-state index is 0.0826.